The number of hydrogen-bond donors (Lipinski definition) is 0. The Morgan fingerprint density at radius 3 is 1.54 bits per heavy atom. The number of rotatable bonds is 6. The Labute approximate surface area is 148 Å². The van der Waals surface area contributed by atoms with Crippen molar-refractivity contribution >= 4 is 45.9 Å². The monoisotopic (exact) mass is 372 g/mol. The molecule has 0 fully saturated rings. The summed E-state index contributed by atoms with van der Waals surface area (Å²) in [5, 5.41) is 1.30. The summed E-state index contributed by atoms with van der Waals surface area (Å²) < 4.78 is 20.0. The van der Waals surface area contributed by atoms with Gasteiger partial charge in [0.25, 0.3) is 0 Å². The average molecular weight is 373 g/mol. The van der Waals surface area contributed by atoms with Crippen molar-refractivity contribution < 1.29 is 28.5 Å². The molecule has 0 bridgehead atoms. The minimum Gasteiger partial charge on any atom is -0.480 e. The van der Waals surface area contributed by atoms with Gasteiger partial charge in [0.05, 0.1) is 14.2 Å². The molecular formula is C16H14Cl2O6. The van der Waals surface area contributed by atoms with E-state index >= 15 is 0 Å². The smallest absolute Gasteiger partial charge is 0.343 e. The SMILES string of the molecule is COC(=O)COc1c(Cl)c(Cl)c(OCC(=O)OC)c2ccccc12. The lowest BCUT2D eigenvalue weighted by molar-refractivity contribution is -0.143. The van der Waals surface area contributed by atoms with Crippen LogP contribution < -0.4 is 9.47 Å². The second kappa shape index (κ2) is 8.08. The van der Waals surface area contributed by atoms with Crippen molar-refractivity contribution in [3.8, 4) is 11.5 Å². The fourth-order valence-corrected chi connectivity index (χ4v) is 2.46. The molecule has 0 spiro atoms. The van der Waals surface area contributed by atoms with Gasteiger partial charge in [0.2, 0.25) is 0 Å². The van der Waals surface area contributed by atoms with Gasteiger partial charge in [-0.05, 0) is 0 Å². The predicted octanol–water partition coefficient (Wildman–Crippen LogP) is 3.25. The zero-order valence-corrected chi connectivity index (χ0v) is 14.4. The highest BCUT2D eigenvalue weighted by atomic mass is 35.5. The first-order valence-corrected chi connectivity index (χ1v) is 7.54. The highest BCUT2D eigenvalue weighted by Crippen LogP contribution is 2.46. The van der Waals surface area contributed by atoms with Crippen LogP contribution in [0, 0.1) is 0 Å². The zero-order chi connectivity index (χ0) is 17.7. The van der Waals surface area contributed by atoms with Crippen LogP contribution in [0.15, 0.2) is 24.3 Å². The maximum Gasteiger partial charge on any atom is 0.343 e. The summed E-state index contributed by atoms with van der Waals surface area (Å²) in [6, 6.07) is 6.99. The number of carbonyl (C=O) groups excluding carboxylic acids is 2. The van der Waals surface area contributed by atoms with Crippen LogP contribution in [-0.4, -0.2) is 39.4 Å². The highest BCUT2D eigenvalue weighted by molar-refractivity contribution is 6.45. The number of fused-ring (bicyclic) bond motifs is 1. The van der Waals surface area contributed by atoms with Gasteiger partial charge < -0.3 is 18.9 Å². The normalized spacial score (nSPS) is 10.3. The number of benzene rings is 2. The van der Waals surface area contributed by atoms with E-state index in [9.17, 15) is 9.59 Å². The predicted molar refractivity (Wildman–Crippen MR) is 89.0 cm³/mol. The van der Waals surface area contributed by atoms with Crippen LogP contribution in [0.25, 0.3) is 10.8 Å². The van der Waals surface area contributed by atoms with Crippen molar-refractivity contribution in [1.82, 2.24) is 0 Å². The van der Waals surface area contributed by atoms with Crippen LogP contribution in [0.4, 0.5) is 0 Å². The molecule has 2 aromatic carbocycles. The summed E-state index contributed by atoms with van der Waals surface area (Å²) in [5.41, 5.74) is 0. The standard InChI is InChI=1S/C16H14Cl2O6/c1-21-11(19)7-23-15-9-5-3-4-6-10(9)16(14(18)13(15)17)24-8-12(20)22-2/h3-6H,7-8H2,1-2H3. The van der Waals surface area contributed by atoms with Crippen molar-refractivity contribution in [3.05, 3.63) is 34.3 Å². The number of halogens is 2. The van der Waals surface area contributed by atoms with Crippen molar-refractivity contribution in [1.29, 1.82) is 0 Å². The van der Waals surface area contributed by atoms with Gasteiger partial charge in [0, 0.05) is 10.8 Å². The Hall–Kier alpha value is -2.18. The molecule has 128 valence electrons. The lowest BCUT2D eigenvalue weighted by atomic mass is 10.1. The molecule has 8 heteroatoms. The third-order valence-corrected chi connectivity index (χ3v) is 3.95. The lowest BCUT2D eigenvalue weighted by Gasteiger charge is -2.16. The molecule has 24 heavy (non-hydrogen) atoms. The van der Waals surface area contributed by atoms with Crippen molar-refractivity contribution in [2.75, 3.05) is 27.4 Å². The van der Waals surface area contributed by atoms with Gasteiger partial charge in [0.15, 0.2) is 13.2 Å². The molecule has 0 atom stereocenters. The van der Waals surface area contributed by atoms with Crippen LogP contribution in [-0.2, 0) is 19.1 Å². The first-order valence-electron chi connectivity index (χ1n) is 6.78. The molecule has 6 nitrogen and oxygen atoms in total. The molecule has 0 aromatic heterocycles. The third-order valence-electron chi connectivity index (χ3n) is 3.13. The number of carbonyl (C=O) groups is 2. The Morgan fingerprint density at radius 1 is 0.833 bits per heavy atom. The lowest BCUT2D eigenvalue weighted by Crippen LogP contribution is -2.14. The van der Waals surface area contributed by atoms with Crippen LogP contribution in [0.5, 0.6) is 11.5 Å². The molecule has 0 saturated heterocycles. The molecule has 0 aliphatic rings. The second-order valence-corrected chi connectivity index (χ2v) is 5.32. The van der Waals surface area contributed by atoms with E-state index in [2.05, 4.69) is 9.47 Å². The number of ether oxygens (including phenoxy) is 4. The van der Waals surface area contributed by atoms with Gasteiger partial charge >= 0.3 is 11.9 Å². The zero-order valence-electron chi connectivity index (χ0n) is 12.9. The summed E-state index contributed by atoms with van der Waals surface area (Å²) in [7, 11) is 2.50. The van der Waals surface area contributed by atoms with E-state index in [1.165, 1.54) is 14.2 Å². The molecule has 0 N–H and O–H groups in total. The molecule has 0 unspecified atom stereocenters. The fourth-order valence-electron chi connectivity index (χ4n) is 1.98. The van der Waals surface area contributed by atoms with Crippen molar-refractivity contribution in [2.45, 2.75) is 0 Å². The van der Waals surface area contributed by atoms with E-state index in [1.54, 1.807) is 24.3 Å². The first-order chi connectivity index (χ1) is 11.5. The van der Waals surface area contributed by atoms with Crippen molar-refractivity contribution in [2.24, 2.45) is 0 Å². The molecule has 0 amide bonds. The van der Waals surface area contributed by atoms with Gasteiger partial charge in [-0.3, -0.25) is 0 Å². The molecular weight excluding hydrogens is 359 g/mol. The fraction of sp³-hybridized carbons (Fsp3) is 0.250. The number of esters is 2. The van der Waals surface area contributed by atoms with E-state index in [0.717, 1.165) is 0 Å². The summed E-state index contributed by atoms with van der Waals surface area (Å²) in [5.74, 6) is -0.657. The van der Waals surface area contributed by atoms with E-state index in [-0.39, 0.29) is 34.8 Å². The Balaban J connectivity index is 2.48. The molecule has 0 aliphatic heterocycles. The number of methoxy groups -OCH3 is 2. The minimum atomic E-state index is -0.558. The second-order valence-electron chi connectivity index (χ2n) is 4.56. The largest absolute Gasteiger partial charge is 0.480 e. The quantitative estimate of drug-likeness (QED) is 0.724. The molecule has 2 rings (SSSR count). The summed E-state index contributed by atoms with van der Waals surface area (Å²) >= 11 is 12.5. The van der Waals surface area contributed by atoms with E-state index < -0.39 is 11.9 Å². The highest BCUT2D eigenvalue weighted by Gasteiger charge is 2.21. The van der Waals surface area contributed by atoms with Gasteiger partial charge in [0.1, 0.15) is 21.5 Å². The van der Waals surface area contributed by atoms with Crippen LogP contribution in [0.3, 0.4) is 0 Å². The molecule has 2 aromatic rings. The van der Waals surface area contributed by atoms with E-state index in [4.69, 9.17) is 32.7 Å². The molecule has 0 saturated carbocycles. The van der Waals surface area contributed by atoms with E-state index in [1.807, 2.05) is 0 Å². The Morgan fingerprint density at radius 2 is 1.21 bits per heavy atom. The average Bonchev–Trinajstić information content (AvgIpc) is 2.61. The molecule has 0 aliphatic carbocycles. The Bertz CT molecular complexity index is 710. The topological polar surface area (TPSA) is 71.1 Å². The van der Waals surface area contributed by atoms with Crippen LogP contribution in [0.1, 0.15) is 0 Å². The maximum atomic E-state index is 11.3. The summed E-state index contributed by atoms with van der Waals surface area (Å²) in [6.07, 6.45) is 0. The first kappa shape index (κ1) is 18.2. The van der Waals surface area contributed by atoms with Gasteiger partial charge in [-0.15, -0.1) is 0 Å². The van der Waals surface area contributed by atoms with Crippen molar-refractivity contribution in [3.63, 3.8) is 0 Å². The van der Waals surface area contributed by atoms with Crippen LogP contribution in [0.2, 0.25) is 10.0 Å². The van der Waals surface area contributed by atoms with Crippen LogP contribution >= 0.6 is 23.2 Å². The molecule has 0 heterocycles. The van der Waals surface area contributed by atoms with E-state index in [0.29, 0.717) is 10.8 Å². The summed E-state index contributed by atoms with van der Waals surface area (Å²) in [4.78, 5) is 22.6. The van der Waals surface area contributed by atoms with Gasteiger partial charge in [-0.2, -0.15) is 0 Å². The third kappa shape index (κ3) is 3.83. The number of hydrogen-bond acceptors (Lipinski definition) is 6. The van der Waals surface area contributed by atoms with Gasteiger partial charge in [-0.1, -0.05) is 47.5 Å². The van der Waals surface area contributed by atoms with Gasteiger partial charge in [-0.25, -0.2) is 9.59 Å². The molecule has 0 radical (unpaired) electrons. The summed E-state index contributed by atoms with van der Waals surface area (Å²) in [6.45, 7) is -0.641. The maximum absolute atomic E-state index is 11.3. The minimum absolute atomic E-state index is 0.0686. The Kier molecular flexibility index (Phi) is 6.11.